The van der Waals surface area contributed by atoms with Gasteiger partial charge in [0, 0.05) is 25.0 Å². The minimum absolute atomic E-state index is 0.0921. The molecule has 0 radical (unpaired) electrons. The first-order valence-corrected chi connectivity index (χ1v) is 8.31. The topological polar surface area (TPSA) is 48.4 Å². The predicted octanol–water partition coefficient (Wildman–Crippen LogP) is 2.35. The van der Waals surface area contributed by atoms with E-state index in [1.807, 2.05) is 6.20 Å². The molecule has 1 aromatic rings. The first kappa shape index (κ1) is 14.8. The molecule has 2 aliphatic rings. The lowest BCUT2D eigenvalue weighted by Crippen LogP contribution is -2.25. The van der Waals surface area contributed by atoms with E-state index in [1.54, 1.807) is 0 Å². The van der Waals surface area contributed by atoms with Gasteiger partial charge < -0.3 is 15.3 Å². The molecule has 0 spiro atoms. The Hall–Kier alpha value is -1.13. The van der Waals surface area contributed by atoms with Gasteiger partial charge in [-0.1, -0.05) is 6.92 Å². The van der Waals surface area contributed by atoms with Crippen molar-refractivity contribution in [1.82, 2.24) is 10.3 Å². The molecule has 1 aliphatic carbocycles. The van der Waals surface area contributed by atoms with Crippen molar-refractivity contribution in [3.8, 4) is 0 Å². The SMILES string of the molecule is CCCNC(C)c1ccc(N2CC3CCC(O)C3C2)cn1. The number of pyridine rings is 1. The fourth-order valence-corrected chi connectivity index (χ4v) is 3.75. The smallest absolute Gasteiger partial charge is 0.0588 e. The standard InChI is InChI=1S/C17H27N3O/c1-3-8-18-12(2)16-6-5-14(9-19-16)20-10-13-4-7-17(21)15(13)11-20/h5-6,9,12-13,15,17-18,21H,3-4,7-8,10-11H2,1-2H3. The maximum atomic E-state index is 10.0. The Morgan fingerprint density at radius 3 is 2.90 bits per heavy atom. The van der Waals surface area contributed by atoms with E-state index in [2.05, 4.69) is 41.2 Å². The molecular formula is C17H27N3O. The zero-order valence-corrected chi connectivity index (χ0v) is 13.1. The van der Waals surface area contributed by atoms with E-state index in [1.165, 1.54) is 12.1 Å². The average Bonchev–Trinajstić information content (AvgIpc) is 3.07. The van der Waals surface area contributed by atoms with E-state index in [0.29, 0.717) is 17.9 Å². The quantitative estimate of drug-likeness (QED) is 0.873. The van der Waals surface area contributed by atoms with Gasteiger partial charge in [0.2, 0.25) is 0 Å². The van der Waals surface area contributed by atoms with Crippen molar-refractivity contribution in [2.45, 2.75) is 45.3 Å². The number of aliphatic hydroxyl groups excluding tert-OH is 1. The zero-order valence-electron chi connectivity index (χ0n) is 13.1. The van der Waals surface area contributed by atoms with Crippen molar-refractivity contribution in [3.63, 3.8) is 0 Å². The highest BCUT2D eigenvalue weighted by Gasteiger charge is 2.41. The number of nitrogens with one attached hydrogen (secondary N) is 1. The fraction of sp³-hybridized carbons (Fsp3) is 0.706. The lowest BCUT2D eigenvalue weighted by molar-refractivity contribution is 0.133. The van der Waals surface area contributed by atoms with Crippen LogP contribution in [0.3, 0.4) is 0 Å². The summed E-state index contributed by atoms with van der Waals surface area (Å²) in [5.74, 6) is 1.14. The van der Waals surface area contributed by atoms with Crippen LogP contribution in [0.2, 0.25) is 0 Å². The van der Waals surface area contributed by atoms with Crippen LogP contribution in [0, 0.1) is 11.8 Å². The first-order valence-electron chi connectivity index (χ1n) is 8.31. The molecular weight excluding hydrogens is 262 g/mol. The van der Waals surface area contributed by atoms with Crippen LogP contribution in [0.1, 0.15) is 44.8 Å². The second-order valence-electron chi connectivity index (χ2n) is 6.59. The van der Waals surface area contributed by atoms with Gasteiger partial charge in [0.1, 0.15) is 0 Å². The number of hydrogen-bond donors (Lipinski definition) is 2. The fourth-order valence-electron chi connectivity index (χ4n) is 3.75. The molecule has 4 atom stereocenters. The van der Waals surface area contributed by atoms with Gasteiger partial charge in [-0.25, -0.2) is 0 Å². The Bertz CT molecular complexity index is 462. The van der Waals surface area contributed by atoms with E-state index in [9.17, 15) is 5.11 Å². The highest BCUT2D eigenvalue weighted by Crippen LogP contribution is 2.39. The van der Waals surface area contributed by atoms with Crippen LogP contribution >= 0.6 is 0 Å². The molecule has 3 rings (SSSR count). The summed E-state index contributed by atoms with van der Waals surface area (Å²) in [7, 11) is 0. The van der Waals surface area contributed by atoms with Gasteiger partial charge in [-0.15, -0.1) is 0 Å². The summed E-state index contributed by atoms with van der Waals surface area (Å²) in [6.45, 7) is 7.42. The van der Waals surface area contributed by atoms with Gasteiger partial charge in [-0.2, -0.15) is 0 Å². The summed E-state index contributed by atoms with van der Waals surface area (Å²) in [6, 6.07) is 4.62. The van der Waals surface area contributed by atoms with E-state index in [4.69, 9.17) is 0 Å². The second-order valence-corrected chi connectivity index (χ2v) is 6.59. The highest BCUT2D eigenvalue weighted by atomic mass is 16.3. The Morgan fingerprint density at radius 1 is 1.38 bits per heavy atom. The minimum atomic E-state index is -0.0921. The van der Waals surface area contributed by atoms with Gasteiger partial charge in [-0.3, -0.25) is 4.98 Å². The number of fused-ring (bicyclic) bond motifs is 1. The van der Waals surface area contributed by atoms with Crippen LogP contribution in [0.5, 0.6) is 0 Å². The number of nitrogens with zero attached hydrogens (tertiary/aromatic N) is 2. The summed E-state index contributed by atoms with van der Waals surface area (Å²) >= 11 is 0. The van der Waals surface area contributed by atoms with Crippen molar-refractivity contribution in [1.29, 1.82) is 0 Å². The van der Waals surface area contributed by atoms with Gasteiger partial charge in [0.05, 0.1) is 23.7 Å². The van der Waals surface area contributed by atoms with Gasteiger partial charge in [-0.05, 0) is 50.8 Å². The van der Waals surface area contributed by atoms with E-state index >= 15 is 0 Å². The summed E-state index contributed by atoms with van der Waals surface area (Å²) in [5, 5.41) is 13.5. The summed E-state index contributed by atoms with van der Waals surface area (Å²) in [4.78, 5) is 7.01. The summed E-state index contributed by atoms with van der Waals surface area (Å²) in [6.07, 6.45) is 5.20. The highest BCUT2D eigenvalue weighted by molar-refractivity contribution is 5.46. The Balaban J connectivity index is 1.62. The van der Waals surface area contributed by atoms with Crippen molar-refractivity contribution in [3.05, 3.63) is 24.0 Å². The molecule has 2 N–H and O–H groups in total. The molecule has 0 amide bonds. The zero-order chi connectivity index (χ0) is 14.8. The van der Waals surface area contributed by atoms with Gasteiger partial charge in [0.25, 0.3) is 0 Å². The summed E-state index contributed by atoms with van der Waals surface area (Å²) < 4.78 is 0. The molecule has 0 aromatic carbocycles. The van der Waals surface area contributed by atoms with Crippen LogP contribution in [-0.4, -0.2) is 35.8 Å². The number of hydrogen-bond acceptors (Lipinski definition) is 4. The third kappa shape index (κ3) is 3.06. The molecule has 1 saturated heterocycles. The molecule has 4 nitrogen and oxygen atoms in total. The van der Waals surface area contributed by atoms with Crippen LogP contribution in [0.25, 0.3) is 0 Å². The van der Waals surface area contributed by atoms with Gasteiger partial charge >= 0.3 is 0 Å². The molecule has 21 heavy (non-hydrogen) atoms. The molecule has 2 fully saturated rings. The van der Waals surface area contributed by atoms with Crippen LogP contribution in [0.4, 0.5) is 5.69 Å². The average molecular weight is 289 g/mol. The molecule has 4 heteroatoms. The van der Waals surface area contributed by atoms with Crippen molar-refractivity contribution < 1.29 is 5.11 Å². The normalized spacial score (nSPS) is 29.7. The maximum absolute atomic E-state index is 10.0. The number of anilines is 1. The van der Waals surface area contributed by atoms with Crippen molar-refractivity contribution in [2.24, 2.45) is 11.8 Å². The molecule has 116 valence electrons. The monoisotopic (exact) mass is 289 g/mol. The lowest BCUT2D eigenvalue weighted by Gasteiger charge is -2.21. The largest absolute Gasteiger partial charge is 0.393 e. The summed E-state index contributed by atoms with van der Waals surface area (Å²) in [5.41, 5.74) is 2.30. The van der Waals surface area contributed by atoms with E-state index < -0.39 is 0 Å². The van der Waals surface area contributed by atoms with E-state index in [0.717, 1.165) is 38.2 Å². The lowest BCUT2D eigenvalue weighted by atomic mass is 10.00. The predicted molar refractivity (Wildman–Crippen MR) is 85.4 cm³/mol. The molecule has 1 saturated carbocycles. The van der Waals surface area contributed by atoms with Crippen molar-refractivity contribution in [2.75, 3.05) is 24.5 Å². The van der Waals surface area contributed by atoms with Crippen LogP contribution < -0.4 is 10.2 Å². The second kappa shape index (κ2) is 6.32. The molecule has 0 bridgehead atoms. The Labute approximate surface area is 127 Å². The number of rotatable bonds is 5. The first-order chi connectivity index (χ1) is 10.2. The molecule has 4 unspecified atom stereocenters. The molecule has 1 aromatic heterocycles. The minimum Gasteiger partial charge on any atom is -0.393 e. The maximum Gasteiger partial charge on any atom is 0.0588 e. The Morgan fingerprint density at radius 2 is 2.24 bits per heavy atom. The third-order valence-electron chi connectivity index (χ3n) is 5.10. The van der Waals surface area contributed by atoms with Gasteiger partial charge in [0.15, 0.2) is 0 Å². The van der Waals surface area contributed by atoms with Crippen LogP contribution in [0.15, 0.2) is 18.3 Å². The molecule has 1 aliphatic heterocycles. The van der Waals surface area contributed by atoms with E-state index in [-0.39, 0.29) is 6.10 Å². The Kier molecular flexibility index (Phi) is 4.45. The molecule has 2 heterocycles. The number of aliphatic hydroxyl groups is 1. The number of aromatic nitrogens is 1. The van der Waals surface area contributed by atoms with Crippen molar-refractivity contribution >= 4 is 5.69 Å². The third-order valence-corrected chi connectivity index (χ3v) is 5.10. The van der Waals surface area contributed by atoms with Crippen LogP contribution in [-0.2, 0) is 0 Å².